The van der Waals surface area contributed by atoms with Crippen LogP contribution in [0.3, 0.4) is 0 Å². The molecule has 0 fully saturated rings. The Morgan fingerprint density at radius 1 is 1.23 bits per heavy atom. The molecule has 0 saturated heterocycles. The smallest absolute Gasteiger partial charge is 0.331 e. The summed E-state index contributed by atoms with van der Waals surface area (Å²) in [5.41, 5.74) is -2.41. The molecule has 1 atom stereocenters. The maximum atomic E-state index is 12.5. The fourth-order valence-electron chi connectivity index (χ4n) is 2.21. The molecule has 1 aromatic carbocycles. The van der Waals surface area contributed by atoms with Crippen molar-refractivity contribution >= 4 is 28.8 Å². The van der Waals surface area contributed by atoms with Gasteiger partial charge in [-0.3, -0.25) is 5.09 Å². The van der Waals surface area contributed by atoms with Crippen molar-refractivity contribution in [1.29, 1.82) is 0 Å². The highest BCUT2D eigenvalue weighted by atomic mass is 32.9. The third-order valence-electron chi connectivity index (χ3n) is 3.53. The van der Waals surface area contributed by atoms with Crippen molar-refractivity contribution in [3.63, 3.8) is 0 Å². The number of aromatic nitrogens is 2. The van der Waals surface area contributed by atoms with Crippen LogP contribution in [0.5, 0.6) is 0 Å². The Balaban J connectivity index is 2.12. The summed E-state index contributed by atoms with van der Waals surface area (Å²) >= 11 is 6.90. The fraction of sp³-hybridized carbons (Fsp3) is 0.500. The van der Waals surface area contributed by atoms with Crippen LogP contribution in [0.25, 0.3) is 5.69 Å². The van der Waals surface area contributed by atoms with E-state index in [1.165, 1.54) is 11.4 Å². The number of unbranched alkanes of at least 4 members (excludes halogenated alkanes) is 2. The average Bonchev–Trinajstić information content (AvgIpc) is 2.92. The summed E-state index contributed by atoms with van der Waals surface area (Å²) in [5, 5.41) is 3.29. The van der Waals surface area contributed by atoms with Crippen LogP contribution < -0.4 is 16.5 Å². The molecular formula is C16H24N3O4PS2. The van der Waals surface area contributed by atoms with Gasteiger partial charge in [0.05, 0.1) is 18.2 Å². The minimum Gasteiger partial charge on any atom is -0.331 e. The lowest BCUT2D eigenvalue weighted by molar-refractivity contribution is 0.312. The van der Waals surface area contributed by atoms with E-state index in [4.69, 9.17) is 20.9 Å². The van der Waals surface area contributed by atoms with Crippen molar-refractivity contribution in [2.24, 2.45) is 0 Å². The van der Waals surface area contributed by atoms with Crippen molar-refractivity contribution in [2.75, 3.05) is 13.2 Å². The standard InChI is InChI=1S/C16H24N3O4PS2/c1-3-5-9-12-17-24(25,22-4-2)26-13-18-15(20)19(23-16(18)21)14-10-7-6-8-11-14/h6-8,10-11H,3-5,9,12-13H2,1-2H3,(H,17,25). The normalized spacial score (nSPS) is 13.6. The van der Waals surface area contributed by atoms with Crippen LogP contribution in [0, 0.1) is 0 Å². The number of rotatable bonds is 11. The summed E-state index contributed by atoms with van der Waals surface area (Å²) in [6, 6.07) is 8.75. The van der Waals surface area contributed by atoms with Gasteiger partial charge in [-0.2, -0.15) is 0 Å². The largest absolute Gasteiger partial charge is 0.443 e. The molecule has 0 amide bonds. The van der Waals surface area contributed by atoms with E-state index in [-0.39, 0.29) is 5.88 Å². The Labute approximate surface area is 161 Å². The highest BCUT2D eigenvalue weighted by molar-refractivity contribution is 8.68. The molecule has 10 heteroatoms. The van der Waals surface area contributed by atoms with E-state index in [9.17, 15) is 9.59 Å². The molecule has 1 unspecified atom stereocenters. The summed E-state index contributed by atoms with van der Waals surface area (Å²) in [6.07, 6.45) is 3.24. The second-order valence-corrected chi connectivity index (χ2v) is 12.1. The van der Waals surface area contributed by atoms with Crippen molar-refractivity contribution < 1.29 is 9.05 Å². The molecule has 1 aromatic heterocycles. The zero-order valence-corrected chi connectivity index (χ0v) is 17.4. The maximum absolute atomic E-state index is 12.5. The van der Waals surface area contributed by atoms with Gasteiger partial charge in [0.2, 0.25) is 0 Å². The van der Waals surface area contributed by atoms with Gasteiger partial charge in [-0.15, -0.1) is 4.74 Å². The summed E-state index contributed by atoms with van der Waals surface area (Å²) < 4.78 is 12.8. The molecule has 2 aromatic rings. The molecule has 0 aliphatic heterocycles. The first-order valence-corrected chi connectivity index (χ1v) is 12.8. The molecule has 0 aliphatic carbocycles. The number of para-hydroxylation sites is 1. The predicted octanol–water partition coefficient (Wildman–Crippen LogP) is 3.32. The average molecular weight is 417 g/mol. The minimum absolute atomic E-state index is 0.0824. The van der Waals surface area contributed by atoms with Crippen LogP contribution >= 0.6 is 17.0 Å². The van der Waals surface area contributed by atoms with Gasteiger partial charge >= 0.3 is 11.4 Å². The zero-order valence-electron chi connectivity index (χ0n) is 14.9. The van der Waals surface area contributed by atoms with E-state index in [2.05, 4.69) is 12.0 Å². The van der Waals surface area contributed by atoms with Crippen molar-refractivity contribution in [2.45, 2.75) is 39.0 Å². The Kier molecular flexibility index (Phi) is 8.37. The number of hydrogen-bond donors (Lipinski definition) is 1. The highest BCUT2D eigenvalue weighted by Gasteiger charge is 2.21. The van der Waals surface area contributed by atoms with Gasteiger partial charge in [-0.25, -0.2) is 14.2 Å². The predicted molar refractivity (Wildman–Crippen MR) is 110 cm³/mol. The maximum Gasteiger partial charge on any atom is 0.443 e. The van der Waals surface area contributed by atoms with Crippen LogP contribution in [0.15, 0.2) is 44.4 Å². The van der Waals surface area contributed by atoms with E-state index in [1.807, 2.05) is 13.0 Å². The molecule has 26 heavy (non-hydrogen) atoms. The molecule has 1 N–H and O–H groups in total. The SMILES string of the molecule is CCCCCNP(=S)(OCC)SCn1c(=O)on(-c2ccccc2)c1=O. The summed E-state index contributed by atoms with van der Waals surface area (Å²) in [4.78, 5) is 24.6. The third kappa shape index (κ3) is 5.69. The Morgan fingerprint density at radius 2 is 1.96 bits per heavy atom. The van der Waals surface area contributed by atoms with Crippen LogP contribution in [-0.2, 0) is 22.2 Å². The zero-order chi connectivity index (χ0) is 19.0. The van der Waals surface area contributed by atoms with Crippen molar-refractivity contribution in [3.8, 4) is 5.69 Å². The van der Waals surface area contributed by atoms with Crippen molar-refractivity contribution in [3.05, 3.63) is 51.4 Å². The quantitative estimate of drug-likeness (QED) is 0.444. The molecule has 0 saturated carbocycles. The number of hydrogen-bond acceptors (Lipinski definition) is 6. The van der Waals surface area contributed by atoms with Crippen LogP contribution in [0.2, 0.25) is 0 Å². The first-order chi connectivity index (χ1) is 12.5. The lowest BCUT2D eigenvalue weighted by Gasteiger charge is -2.21. The second-order valence-electron chi connectivity index (χ2n) is 5.49. The van der Waals surface area contributed by atoms with Gasteiger partial charge in [0.25, 0.3) is 0 Å². The number of nitrogens with zero attached hydrogens (tertiary/aromatic N) is 2. The van der Waals surface area contributed by atoms with E-state index < -0.39 is 17.1 Å². The molecule has 0 spiro atoms. The molecule has 0 bridgehead atoms. The summed E-state index contributed by atoms with van der Waals surface area (Å²) in [7, 11) is 0. The first-order valence-electron chi connectivity index (χ1n) is 8.53. The Morgan fingerprint density at radius 3 is 2.62 bits per heavy atom. The molecule has 2 rings (SSSR count). The van der Waals surface area contributed by atoms with Crippen LogP contribution in [0.1, 0.15) is 33.1 Å². The first kappa shape index (κ1) is 21.2. The van der Waals surface area contributed by atoms with Gasteiger partial charge in [0, 0.05) is 6.54 Å². The summed E-state index contributed by atoms with van der Waals surface area (Å²) in [6.45, 7) is 5.24. The van der Waals surface area contributed by atoms with E-state index in [0.717, 1.165) is 35.1 Å². The minimum atomic E-state index is -2.38. The summed E-state index contributed by atoms with van der Waals surface area (Å²) in [5.74, 6) is -0.630. The Bertz CT molecular complexity index is 847. The topological polar surface area (TPSA) is 78.4 Å². The molecule has 0 aliphatic rings. The van der Waals surface area contributed by atoms with Gasteiger partial charge in [-0.1, -0.05) is 49.3 Å². The van der Waals surface area contributed by atoms with Gasteiger partial charge in [-0.05, 0) is 37.3 Å². The lowest BCUT2D eigenvalue weighted by Crippen LogP contribution is -2.28. The molecule has 144 valence electrons. The van der Waals surface area contributed by atoms with Crippen LogP contribution in [-0.4, -0.2) is 22.5 Å². The molecule has 1 heterocycles. The monoisotopic (exact) mass is 417 g/mol. The molecular weight excluding hydrogens is 393 g/mol. The second kappa shape index (κ2) is 10.3. The molecule has 7 nitrogen and oxygen atoms in total. The highest BCUT2D eigenvalue weighted by Crippen LogP contribution is 2.56. The third-order valence-corrected chi connectivity index (χ3v) is 9.17. The van der Waals surface area contributed by atoms with Gasteiger partial charge in [0.1, 0.15) is 0 Å². The number of benzene rings is 1. The number of nitrogens with one attached hydrogen (secondary N) is 1. The van der Waals surface area contributed by atoms with Gasteiger partial charge < -0.3 is 9.05 Å². The molecule has 0 radical (unpaired) electrons. The fourth-order valence-corrected chi connectivity index (χ4v) is 6.63. The lowest BCUT2D eigenvalue weighted by atomic mass is 10.3. The van der Waals surface area contributed by atoms with Crippen LogP contribution in [0.4, 0.5) is 0 Å². The van der Waals surface area contributed by atoms with E-state index >= 15 is 0 Å². The Hall–Kier alpha value is -1.12. The van der Waals surface area contributed by atoms with E-state index in [0.29, 0.717) is 12.3 Å². The van der Waals surface area contributed by atoms with Crippen molar-refractivity contribution in [1.82, 2.24) is 14.4 Å². The van der Waals surface area contributed by atoms with Gasteiger partial charge in [0.15, 0.2) is 5.62 Å². The van der Waals surface area contributed by atoms with E-state index in [1.54, 1.807) is 24.3 Å².